The number of hydrogen-bond donors (Lipinski definition) is 0. The number of nitrogens with zero attached hydrogens (tertiary/aromatic N) is 2. The molecule has 0 fully saturated rings. The zero-order chi connectivity index (χ0) is 19.0. The Hall–Kier alpha value is -1.76. The summed E-state index contributed by atoms with van der Waals surface area (Å²) in [4.78, 5) is 16.6. The quantitative estimate of drug-likeness (QED) is 0.576. The lowest BCUT2D eigenvalue weighted by Gasteiger charge is -2.22. The lowest BCUT2D eigenvalue weighted by molar-refractivity contribution is -0.119. The topological polar surface area (TPSA) is 51.2 Å². The van der Waals surface area contributed by atoms with Crippen molar-refractivity contribution >= 4 is 24.3 Å². The lowest BCUT2D eigenvalue weighted by Crippen LogP contribution is -2.34. The Balaban J connectivity index is 0.00000625. The summed E-state index contributed by atoms with van der Waals surface area (Å²) in [6.45, 7) is 1.41. The Kier molecular flexibility index (Phi) is 11.0. The third-order valence-corrected chi connectivity index (χ3v) is 3.70. The first-order valence-corrected chi connectivity index (χ1v) is 8.13. The molecule has 0 aliphatic rings. The second kappa shape index (κ2) is 11.8. The van der Waals surface area contributed by atoms with Gasteiger partial charge in [-0.15, -0.1) is 12.4 Å². The second-order valence-corrected chi connectivity index (χ2v) is 6.42. The molecule has 0 bridgehead atoms. The van der Waals surface area contributed by atoms with Crippen molar-refractivity contribution in [2.24, 2.45) is 5.92 Å². The van der Waals surface area contributed by atoms with Crippen molar-refractivity contribution in [2.45, 2.75) is 0 Å². The Morgan fingerprint density at radius 1 is 0.962 bits per heavy atom. The highest BCUT2D eigenvalue weighted by Gasteiger charge is 2.18. The fourth-order valence-electron chi connectivity index (χ4n) is 2.63. The normalized spacial score (nSPS) is 11.2. The maximum Gasteiger partial charge on any atom is 0.203 e. The van der Waals surface area contributed by atoms with Gasteiger partial charge in [-0.3, -0.25) is 4.79 Å². The predicted octanol–water partition coefficient (Wildman–Crippen LogP) is 2.46. The number of ether oxygens (including phenoxy) is 3. The van der Waals surface area contributed by atoms with E-state index in [0.717, 1.165) is 5.56 Å². The van der Waals surface area contributed by atoms with E-state index in [0.29, 0.717) is 30.3 Å². The summed E-state index contributed by atoms with van der Waals surface area (Å²) in [6.07, 6.45) is 3.41. The largest absolute Gasteiger partial charge is 0.493 e. The molecule has 0 aliphatic heterocycles. The van der Waals surface area contributed by atoms with E-state index in [1.165, 1.54) is 0 Å². The maximum atomic E-state index is 12.6. The van der Waals surface area contributed by atoms with Gasteiger partial charge < -0.3 is 24.0 Å². The number of allylic oxidation sites excluding steroid dienone is 1. The van der Waals surface area contributed by atoms with E-state index in [-0.39, 0.29) is 24.1 Å². The molecule has 1 aromatic rings. The minimum absolute atomic E-state index is 0. The van der Waals surface area contributed by atoms with Crippen LogP contribution in [0.2, 0.25) is 0 Å². The van der Waals surface area contributed by atoms with Crippen LogP contribution in [0.5, 0.6) is 17.2 Å². The lowest BCUT2D eigenvalue weighted by atomic mass is 10.0. The number of ketones is 1. The Morgan fingerprint density at radius 2 is 1.42 bits per heavy atom. The fraction of sp³-hybridized carbons (Fsp3) is 0.526. The van der Waals surface area contributed by atoms with E-state index >= 15 is 0 Å². The van der Waals surface area contributed by atoms with E-state index in [2.05, 4.69) is 0 Å². The van der Waals surface area contributed by atoms with Gasteiger partial charge in [-0.25, -0.2) is 0 Å². The van der Waals surface area contributed by atoms with Gasteiger partial charge in [0.25, 0.3) is 0 Å². The van der Waals surface area contributed by atoms with Gasteiger partial charge in [-0.05, 0) is 52.0 Å². The van der Waals surface area contributed by atoms with Gasteiger partial charge in [0.1, 0.15) is 0 Å². The Labute approximate surface area is 163 Å². The predicted molar refractivity (Wildman–Crippen MR) is 108 cm³/mol. The summed E-state index contributed by atoms with van der Waals surface area (Å²) < 4.78 is 16.0. The number of carbonyl (C=O) groups is 1. The molecule has 0 N–H and O–H groups in total. The first-order valence-electron chi connectivity index (χ1n) is 8.13. The summed E-state index contributed by atoms with van der Waals surface area (Å²) in [5.41, 5.74) is 0.816. The molecule has 0 saturated heterocycles. The first-order chi connectivity index (χ1) is 11.8. The average molecular weight is 387 g/mol. The van der Waals surface area contributed by atoms with Crippen LogP contribution in [-0.2, 0) is 4.79 Å². The molecule has 7 heteroatoms. The Bertz CT molecular complexity index is 568. The van der Waals surface area contributed by atoms with Gasteiger partial charge in [-0.1, -0.05) is 6.08 Å². The molecule has 0 heterocycles. The molecule has 0 atom stereocenters. The van der Waals surface area contributed by atoms with Crippen molar-refractivity contribution in [3.63, 3.8) is 0 Å². The molecular weight excluding hydrogens is 356 g/mol. The highest BCUT2D eigenvalue weighted by molar-refractivity contribution is 5.95. The van der Waals surface area contributed by atoms with Crippen molar-refractivity contribution in [3.8, 4) is 17.2 Å². The zero-order valence-electron chi connectivity index (χ0n) is 16.7. The van der Waals surface area contributed by atoms with Crippen LogP contribution in [0.25, 0.3) is 6.08 Å². The second-order valence-electron chi connectivity index (χ2n) is 6.42. The minimum atomic E-state index is -0.0803. The van der Waals surface area contributed by atoms with Crippen LogP contribution < -0.4 is 14.2 Å². The third kappa shape index (κ3) is 7.23. The van der Waals surface area contributed by atoms with Crippen LogP contribution >= 0.6 is 12.4 Å². The SMILES string of the molecule is COc1cc(/C=C/C(=O)C(CN(C)C)CN(C)C)cc(OC)c1OC.Cl. The van der Waals surface area contributed by atoms with Crippen LogP contribution in [0.1, 0.15) is 5.56 Å². The smallest absolute Gasteiger partial charge is 0.203 e. The Morgan fingerprint density at radius 3 is 1.77 bits per heavy atom. The highest BCUT2D eigenvalue weighted by atomic mass is 35.5. The van der Waals surface area contributed by atoms with Crippen LogP contribution in [0.4, 0.5) is 0 Å². The van der Waals surface area contributed by atoms with Crippen molar-refractivity contribution in [2.75, 3.05) is 62.6 Å². The van der Waals surface area contributed by atoms with Crippen LogP contribution in [0.3, 0.4) is 0 Å². The maximum absolute atomic E-state index is 12.6. The average Bonchev–Trinajstić information content (AvgIpc) is 2.56. The molecule has 0 radical (unpaired) electrons. The molecule has 1 rings (SSSR count). The molecule has 0 aliphatic carbocycles. The van der Waals surface area contributed by atoms with E-state index in [9.17, 15) is 4.79 Å². The highest BCUT2D eigenvalue weighted by Crippen LogP contribution is 2.38. The summed E-state index contributed by atoms with van der Waals surface area (Å²) in [5, 5.41) is 0. The van der Waals surface area contributed by atoms with Gasteiger partial charge in [0.2, 0.25) is 5.75 Å². The minimum Gasteiger partial charge on any atom is -0.493 e. The molecule has 0 aromatic heterocycles. The molecule has 26 heavy (non-hydrogen) atoms. The number of rotatable bonds is 10. The van der Waals surface area contributed by atoms with E-state index in [4.69, 9.17) is 14.2 Å². The third-order valence-electron chi connectivity index (χ3n) is 3.70. The van der Waals surface area contributed by atoms with Crippen molar-refractivity contribution in [1.29, 1.82) is 0 Å². The fourth-order valence-corrected chi connectivity index (χ4v) is 2.63. The van der Waals surface area contributed by atoms with Gasteiger partial charge in [0.15, 0.2) is 17.3 Å². The number of halogens is 1. The van der Waals surface area contributed by atoms with Gasteiger partial charge in [-0.2, -0.15) is 0 Å². The van der Waals surface area contributed by atoms with E-state index in [1.807, 2.05) is 50.1 Å². The number of carbonyl (C=O) groups excluding carboxylic acids is 1. The van der Waals surface area contributed by atoms with Gasteiger partial charge in [0, 0.05) is 19.0 Å². The molecule has 0 amide bonds. The van der Waals surface area contributed by atoms with Crippen LogP contribution in [0, 0.1) is 5.92 Å². The van der Waals surface area contributed by atoms with Crippen LogP contribution in [0.15, 0.2) is 18.2 Å². The summed E-state index contributed by atoms with van der Waals surface area (Å²) in [7, 11) is 12.6. The van der Waals surface area contributed by atoms with Crippen molar-refractivity contribution < 1.29 is 19.0 Å². The van der Waals surface area contributed by atoms with E-state index < -0.39 is 0 Å². The van der Waals surface area contributed by atoms with E-state index in [1.54, 1.807) is 33.5 Å². The molecule has 1 aromatic carbocycles. The number of hydrogen-bond acceptors (Lipinski definition) is 6. The molecule has 148 valence electrons. The molecule has 6 nitrogen and oxygen atoms in total. The molecular formula is C19H31ClN2O4. The molecule has 0 unspecified atom stereocenters. The standard InChI is InChI=1S/C19H30N2O4.ClH/c1-20(2)12-15(13-21(3)4)16(22)9-8-14-10-17(23-5)19(25-7)18(11-14)24-6;/h8-11,15H,12-13H2,1-7H3;1H/b9-8+;. The van der Waals surface area contributed by atoms with Gasteiger partial charge >= 0.3 is 0 Å². The number of methoxy groups -OCH3 is 3. The summed E-state index contributed by atoms with van der Waals surface area (Å²) in [5.74, 6) is 1.67. The molecule has 0 saturated carbocycles. The van der Waals surface area contributed by atoms with Gasteiger partial charge in [0.05, 0.1) is 21.3 Å². The first kappa shape index (κ1) is 24.2. The van der Waals surface area contributed by atoms with Crippen molar-refractivity contribution in [1.82, 2.24) is 9.80 Å². The monoisotopic (exact) mass is 386 g/mol. The van der Waals surface area contributed by atoms with Crippen LogP contribution in [-0.4, -0.2) is 78.2 Å². The van der Waals surface area contributed by atoms with Crippen molar-refractivity contribution in [3.05, 3.63) is 23.8 Å². The summed E-state index contributed by atoms with van der Waals surface area (Å²) >= 11 is 0. The summed E-state index contributed by atoms with van der Waals surface area (Å²) in [6, 6.07) is 3.63. The molecule has 0 spiro atoms. The number of benzene rings is 1. The zero-order valence-corrected chi connectivity index (χ0v) is 17.6.